The van der Waals surface area contributed by atoms with E-state index in [2.05, 4.69) is 10.5 Å². The highest BCUT2D eigenvalue weighted by molar-refractivity contribution is 5.81. The van der Waals surface area contributed by atoms with Crippen molar-refractivity contribution in [3.63, 3.8) is 0 Å². The third-order valence-electron chi connectivity index (χ3n) is 4.17. The van der Waals surface area contributed by atoms with Gasteiger partial charge in [-0.15, -0.1) is 0 Å². The van der Waals surface area contributed by atoms with Crippen LogP contribution < -0.4 is 10.2 Å². The van der Waals surface area contributed by atoms with Crippen LogP contribution in [0.2, 0.25) is 0 Å². The van der Waals surface area contributed by atoms with E-state index in [1.807, 2.05) is 26.0 Å². The zero-order chi connectivity index (χ0) is 21.7. The van der Waals surface area contributed by atoms with Gasteiger partial charge in [0.15, 0.2) is 6.61 Å². The smallest absolute Gasteiger partial charge is 0.416 e. The number of nitrogens with zero attached hydrogens (tertiary/aromatic N) is 1. The highest BCUT2D eigenvalue weighted by Crippen LogP contribution is 2.32. The highest BCUT2D eigenvalue weighted by Gasteiger charge is 2.30. The molecule has 0 radical (unpaired) electrons. The Morgan fingerprint density at radius 2 is 1.93 bits per heavy atom. The van der Waals surface area contributed by atoms with E-state index in [-0.39, 0.29) is 23.7 Å². The Bertz CT molecular complexity index is 1070. The first-order valence-corrected chi connectivity index (χ1v) is 9.02. The Labute approximate surface area is 171 Å². The molecule has 0 aliphatic carbocycles. The summed E-state index contributed by atoms with van der Waals surface area (Å²) < 4.78 is 49.5. The van der Waals surface area contributed by atoms with Gasteiger partial charge < -0.3 is 9.15 Å². The number of ether oxygens (including phenoxy) is 1. The number of amides is 1. The summed E-state index contributed by atoms with van der Waals surface area (Å²) in [4.78, 5) is 11.9. The first-order valence-electron chi connectivity index (χ1n) is 9.02. The largest absolute Gasteiger partial charge is 0.483 e. The quantitative estimate of drug-likeness (QED) is 0.449. The maximum atomic E-state index is 12.8. The van der Waals surface area contributed by atoms with Crippen molar-refractivity contribution < 1.29 is 27.1 Å². The van der Waals surface area contributed by atoms with Crippen LogP contribution in [0.4, 0.5) is 13.2 Å². The lowest BCUT2D eigenvalue weighted by Gasteiger charge is -2.08. The molecule has 0 bridgehead atoms. The molecule has 0 atom stereocenters. The van der Waals surface area contributed by atoms with Crippen LogP contribution in [0.15, 0.2) is 64.1 Å². The lowest BCUT2D eigenvalue weighted by molar-refractivity contribution is -0.137. The minimum Gasteiger partial charge on any atom is -0.483 e. The first-order chi connectivity index (χ1) is 14.2. The summed E-state index contributed by atoms with van der Waals surface area (Å²) in [5.41, 5.74) is 3.85. The molecule has 3 rings (SSSR count). The van der Waals surface area contributed by atoms with Crippen molar-refractivity contribution in [1.29, 1.82) is 0 Å². The number of rotatable bonds is 6. The van der Waals surface area contributed by atoms with E-state index in [0.717, 1.165) is 23.3 Å². The third kappa shape index (κ3) is 5.50. The van der Waals surface area contributed by atoms with Gasteiger partial charge in [-0.05, 0) is 49.7 Å². The maximum absolute atomic E-state index is 12.8. The van der Waals surface area contributed by atoms with Crippen molar-refractivity contribution in [2.75, 3.05) is 6.61 Å². The average molecular weight is 416 g/mol. The van der Waals surface area contributed by atoms with Crippen LogP contribution in [0.25, 0.3) is 11.3 Å². The summed E-state index contributed by atoms with van der Waals surface area (Å²) in [7, 11) is 0. The highest BCUT2D eigenvalue weighted by atomic mass is 19.4. The second kappa shape index (κ2) is 8.86. The molecule has 0 aliphatic rings. The van der Waals surface area contributed by atoms with Gasteiger partial charge in [-0.25, -0.2) is 5.43 Å². The van der Waals surface area contributed by atoms with Gasteiger partial charge in [0, 0.05) is 5.56 Å². The number of hydrogen-bond acceptors (Lipinski definition) is 4. The number of carbonyl (C=O) groups excluding carboxylic acids is 1. The van der Waals surface area contributed by atoms with E-state index < -0.39 is 17.6 Å². The van der Waals surface area contributed by atoms with Gasteiger partial charge in [-0.3, -0.25) is 4.79 Å². The molecule has 0 unspecified atom stereocenters. The molecule has 1 N–H and O–H groups in total. The Kier molecular flexibility index (Phi) is 6.25. The van der Waals surface area contributed by atoms with Crippen LogP contribution in [0.3, 0.4) is 0 Å². The average Bonchev–Trinajstić information content (AvgIpc) is 3.16. The topological polar surface area (TPSA) is 63.8 Å². The molecule has 156 valence electrons. The normalized spacial score (nSPS) is 11.6. The first kappa shape index (κ1) is 21.2. The standard InChI is InChI=1S/C22H19F3N2O3/c1-14-6-8-19(15(2)10-14)29-13-21(28)27-26-12-18-7-9-20(30-18)16-4-3-5-17(11-16)22(23,24)25/h3-12H,13H2,1-2H3,(H,27,28). The van der Waals surface area contributed by atoms with Crippen LogP contribution in [0.1, 0.15) is 22.5 Å². The predicted octanol–water partition coefficient (Wildman–Crippen LogP) is 5.11. The zero-order valence-electron chi connectivity index (χ0n) is 16.3. The van der Waals surface area contributed by atoms with Gasteiger partial charge in [-0.2, -0.15) is 18.3 Å². The van der Waals surface area contributed by atoms with E-state index in [4.69, 9.17) is 9.15 Å². The van der Waals surface area contributed by atoms with Crippen LogP contribution in [-0.2, 0) is 11.0 Å². The Morgan fingerprint density at radius 3 is 2.67 bits per heavy atom. The number of aryl methyl sites for hydroxylation is 2. The number of hydrazone groups is 1. The fourth-order valence-electron chi connectivity index (χ4n) is 2.73. The van der Waals surface area contributed by atoms with Crippen molar-refractivity contribution in [2.45, 2.75) is 20.0 Å². The molecular formula is C22H19F3N2O3. The van der Waals surface area contributed by atoms with E-state index in [1.54, 1.807) is 6.07 Å². The molecule has 1 aromatic heterocycles. The number of benzene rings is 2. The summed E-state index contributed by atoms with van der Waals surface area (Å²) in [5, 5.41) is 3.78. The molecule has 5 nitrogen and oxygen atoms in total. The molecule has 0 saturated carbocycles. The Hall–Kier alpha value is -3.55. The zero-order valence-corrected chi connectivity index (χ0v) is 16.3. The predicted molar refractivity (Wildman–Crippen MR) is 106 cm³/mol. The van der Waals surface area contributed by atoms with Gasteiger partial charge >= 0.3 is 6.18 Å². The molecular weight excluding hydrogens is 397 g/mol. The van der Waals surface area contributed by atoms with Crippen LogP contribution >= 0.6 is 0 Å². The summed E-state index contributed by atoms with van der Waals surface area (Å²) >= 11 is 0. The van der Waals surface area contributed by atoms with Crippen LogP contribution in [0, 0.1) is 13.8 Å². The Morgan fingerprint density at radius 1 is 1.13 bits per heavy atom. The van der Waals surface area contributed by atoms with Crippen molar-refractivity contribution in [3.05, 3.63) is 77.0 Å². The molecule has 30 heavy (non-hydrogen) atoms. The SMILES string of the molecule is Cc1ccc(OCC(=O)NN=Cc2ccc(-c3cccc(C(F)(F)F)c3)o2)c(C)c1. The van der Waals surface area contributed by atoms with Crippen molar-refractivity contribution in [3.8, 4) is 17.1 Å². The second-order valence-corrected chi connectivity index (χ2v) is 6.63. The van der Waals surface area contributed by atoms with E-state index in [0.29, 0.717) is 5.75 Å². The molecule has 2 aromatic carbocycles. The minimum atomic E-state index is -4.43. The fraction of sp³-hybridized carbons (Fsp3) is 0.182. The lowest BCUT2D eigenvalue weighted by atomic mass is 10.1. The van der Waals surface area contributed by atoms with Gasteiger partial charge in [0.25, 0.3) is 5.91 Å². The second-order valence-electron chi connectivity index (χ2n) is 6.63. The summed E-state index contributed by atoms with van der Waals surface area (Å²) in [5.74, 6) is 0.678. The molecule has 0 spiro atoms. The number of nitrogens with one attached hydrogen (secondary N) is 1. The van der Waals surface area contributed by atoms with Gasteiger partial charge in [0.1, 0.15) is 17.3 Å². The maximum Gasteiger partial charge on any atom is 0.416 e. The van der Waals surface area contributed by atoms with Gasteiger partial charge in [0.05, 0.1) is 11.8 Å². The van der Waals surface area contributed by atoms with Gasteiger partial charge in [-0.1, -0.05) is 29.8 Å². The number of furan rings is 1. The number of halogens is 3. The third-order valence-corrected chi connectivity index (χ3v) is 4.17. The molecule has 0 fully saturated rings. The summed E-state index contributed by atoms with van der Waals surface area (Å²) in [6.07, 6.45) is -3.18. The summed E-state index contributed by atoms with van der Waals surface area (Å²) in [6, 6.07) is 13.5. The van der Waals surface area contributed by atoms with Crippen molar-refractivity contribution in [1.82, 2.24) is 5.43 Å². The van der Waals surface area contributed by atoms with Crippen LogP contribution in [-0.4, -0.2) is 18.7 Å². The fourth-order valence-corrected chi connectivity index (χ4v) is 2.73. The van der Waals surface area contributed by atoms with E-state index in [9.17, 15) is 18.0 Å². The molecule has 1 heterocycles. The number of carbonyl (C=O) groups is 1. The van der Waals surface area contributed by atoms with E-state index >= 15 is 0 Å². The molecule has 1 amide bonds. The van der Waals surface area contributed by atoms with Crippen molar-refractivity contribution >= 4 is 12.1 Å². The summed E-state index contributed by atoms with van der Waals surface area (Å²) in [6.45, 7) is 3.64. The molecule has 3 aromatic rings. The number of hydrogen-bond donors (Lipinski definition) is 1. The lowest BCUT2D eigenvalue weighted by Crippen LogP contribution is -2.24. The molecule has 8 heteroatoms. The minimum absolute atomic E-state index is 0.213. The van der Waals surface area contributed by atoms with Crippen LogP contribution in [0.5, 0.6) is 5.75 Å². The monoisotopic (exact) mass is 416 g/mol. The van der Waals surface area contributed by atoms with Gasteiger partial charge in [0.2, 0.25) is 0 Å². The van der Waals surface area contributed by atoms with E-state index in [1.165, 1.54) is 30.5 Å². The molecule has 0 saturated heterocycles. The molecule has 0 aliphatic heterocycles. The van der Waals surface area contributed by atoms with Crippen molar-refractivity contribution in [2.24, 2.45) is 5.10 Å². The Balaban J connectivity index is 1.56. The number of alkyl halides is 3.